The van der Waals surface area contributed by atoms with Crippen LogP contribution in [0.1, 0.15) is 12.0 Å². The first kappa shape index (κ1) is 14.3. The molecule has 0 fully saturated rings. The molecule has 0 saturated heterocycles. The monoisotopic (exact) mass is 271 g/mol. The Bertz CT molecular complexity index is 616. The van der Waals surface area contributed by atoms with Gasteiger partial charge in [-0.2, -0.15) is 5.26 Å². The lowest BCUT2D eigenvalue weighted by molar-refractivity contribution is 0.170. The molecule has 0 aliphatic carbocycles. The number of nitrogens with zero attached hydrogens (tertiary/aromatic N) is 2. The third-order valence-electron chi connectivity index (χ3n) is 3.03. The van der Waals surface area contributed by atoms with Crippen LogP contribution >= 0.6 is 0 Å². The van der Waals surface area contributed by atoms with Gasteiger partial charge in [-0.15, -0.1) is 0 Å². The van der Waals surface area contributed by atoms with Crippen molar-refractivity contribution >= 4 is 16.7 Å². The predicted octanol–water partition coefficient (Wildman–Crippen LogP) is 1.92. The Morgan fingerprint density at radius 1 is 1.45 bits per heavy atom. The van der Waals surface area contributed by atoms with E-state index in [0.29, 0.717) is 24.4 Å². The molecular formula is C15H17N3O2. The Kier molecular flexibility index (Phi) is 4.88. The number of ether oxygens (including phenoxy) is 1. The number of hydrogen-bond acceptors (Lipinski definition) is 5. The van der Waals surface area contributed by atoms with Crippen molar-refractivity contribution in [3.63, 3.8) is 0 Å². The van der Waals surface area contributed by atoms with E-state index in [1.807, 2.05) is 24.3 Å². The van der Waals surface area contributed by atoms with E-state index < -0.39 is 0 Å². The number of nitriles is 1. The van der Waals surface area contributed by atoms with Crippen molar-refractivity contribution in [3.8, 4) is 6.07 Å². The number of aliphatic hydroxyl groups excluding tert-OH is 1. The number of anilines is 1. The smallest absolute Gasteiger partial charge is 0.128 e. The van der Waals surface area contributed by atoms with Gasteiger partial charge in [0, 0.05) is 19.1 Å². The summed E-state index contributed by atoms with van der Waals surface area (Å²) in [5.41, 5.74) is 1.35. The van der Waals surface area contributed by atoms with E-state index >= 15 is 0 Å². The van der Waals surface area contributed by atoms with Gasteiger partial charge in [0.15, 0.2) is 0 Å². The van der Waals surface area contributed by atoms with Gasteiger partial charge in [-0.1, -0.05) is 18.2 Å². The molecule has 1 aromatic heterocycles. The molecule has 0 bridgehead atoms. The number of aromatic nitrogens is 1. The van der Waals surface area contributed by atoms with Crippen molar-refractivity contribution < 1.29 is 9.84 Å². The molecule has 1 atom stereocenters. The fraction of sp³-hybridized carbons (Fsp3) is 0.333. The summed E-state index contributed by atoms with van der Waals surface area (Å²) in [6.07, 6.45) is 0.560. The van der Waals surface area contributed by atoms with Crippen molar-refractivity contribution in [1.82, 2.24) is 4.98 Å². The van der Waals surface area contributed by atoms with Crippen molar-refractivity contribution in [3.05, 3.63) is 35.9 Å². The zero-order valence-electron chi connectivity index (χ0n) is 11.3. The van der Waals surface area contributed by atoms with Crippen molar-refractivity contribution in [1.29, 1.82) is 5.26 Å². The molecule has 5 nitrogen and oxygen atoms in total. The summed E-state index contributed by atoms with van der Waals surface area (Å²) in [6.45, 7) is 0.538. The molecule has 0 saturated carbocycles. The van der Waals surface area contributed by atoms with Gasteiger partial charge in [0.1, 0.15) is 5.82 Å². The molecule has 0 amide bonds. The van der Waals surface area contributed by atoms with Gasteiger partial charge in [-0.3, -0.25) is 0 Å². The van der Waals surface area contributed by atoms with Crippen molar-refractivity contribution in [2.24, 2.45) is 0 Å². The van der Waals surface area contributed by atoms with E-state index in [4.69, 9.17) is 9.84 Å². The molecule has 104 valence electrons. The van der Waals surface area contributed by atoms with Gasteiger partial charge in [-0.25, -0.2) is 4.98 Å². The molecule has 0 aliphatic rings. The third kappa shape index (κ3) is 3.23. The number of nitrogens with one attached hydrogen (secondary N) is 1. The number of rotatable bonds is 6. The Balaban J connectivity index is 2.32. The minimum atomic E-state index is -0.0368. The normalized spacial score (nSPS) is 12.1. The zero-order valence-corrected chi connectivity index (χ0v) is 11.3. The van der Waals surface area contributed by atoms with Gasteiger partial charge in [0.25, 0.3) is 0 Å². The van der Waals surface area contributed by atoms with E-state index in [0.717, 1.165) is 10.9 Å². The van der Waals surface area contributed by atoms with Crippen LogP contribution in [0.15, 0.2) is 30.3 Å². The van der Waals surface area contributed by atoms with Crippen LogP contribution in [0.3, 0.4) is 0 Å². The molecule has 0 radical (unpaired) electrons. The number of methoxy groups -OCH3 is 1. The zero-order chi connectivity index (χ0) is 14.4. The van der Waals surface area contributed by atoms with E-state index in [9.17, 15) is 5.26 Å². The van der Waals surface area contributed by atoms with Crippen LogP contribution in [0.25, 0.3) is 10.9 Å². The Morgan fingerprint density at radius 2 is 2.25 bits per heavy atom. The van der Waals surface area contributed by atoms with Gasteiger partial charge < -0.3 is 15.2 Å². The molecular weight excluding hydrogens is 254 g/mol. The minimum absolute atomic E-state index is 0.0368. The topological polar surface area (TPSA) is 78.2 Å². The van der Waals surface area contributed by atoms with Gasteiger partial charge >= 0.3 is 0 Å². The summed E-state index contributed by atoms with van der Waals surface area (Å²) in [5.74, 6) is 0.621. The number of benzene rings is 1. The highest BCUT2D eigenvalue weighted by Gasteiger charge is 2.11. The summed E-state index contributed by atoms with van der Waals surface area (Å²) in [7, 11) is 1.61. The van der Waals surface area contributed by atoms with Crippen LogP contribution in [0.4, 0.5) is 5.82 Å². The van der Waals surface area contributed by atoms with Crippen LogP contribution in [0, 0.1) is 11.3 Å². The second-order valence-corrected chi connectivity index (χ2v) is 4.49. The lowest BCUT2D eigenvalue weighted by atomic mass is 10.1. The maximum absolute atomic E-state index is 9.23. The standard InChI is InChI=1S/C15H17N3O2/c1-20-10-12(6-7-19)17-15-8-11(9-16)13-4-2-3-5-14(13)18-15/h2-5,8,12,19H,6-7,10H2,1H3,(H,17,18). The summed E-state index contributed by atoms with van der Waals surface area (Å²) < 4.78 is 5.11. The second kappa shape index (κ2) is 6.85. The quantitative estimate of drug-likeness (QED) is 0.839. The van der Waals surface area contributed by atoms with Crippen LogP contribution in [0.5, 0.6) is 0 Å². The van der Waals surface area contributed by atoms with E-state index in [2.05, 4.69) is 16.4 Å². The summed E-state index contributed by atoms with van der Waals surface area (Å²) in [4.78, 5) is 4.49. The van der Waals surface area contributed by atoms with E-state index in [1.165, 1.54) is 0 Å². The van der Waals surface area contributed by atoms with Gasteiger partial charge in [-0.05, 0) is 18.6 Å². The summed E-state index contributed by atoms with van der Waals surface area (Å²) in [5, 5.41) is 22.3. The molecule has 20 heavy (non-hydrogen) atoms. The number of fused-ring (bicyclic) bond motifs is 1. The average molecular weight is 271 g/mol. The number of para-hydroxylation sites is 1. The fourth-order valence-corrected chi connectivity index (χ4v) is 2.11. The van der Waals surface area contributed by atoms with Gasteiger partial charge in [0.2, 0.25) is 0 Å². The fourth-order valence-electron chi connectivity index (χ4n) is 2.11. The van der Waals surface area contributed by atoms with Crippen LogP contribution in [0.2, 0.25) is 0 Å². The highest BCUT2D eigenvalue weighted by Crippen LogP contribution is 2.20. The molecule has 5 heteroatoms. The molecule has 0 spiro atoms. The number of hydrogen-bond donors (Lipinski definition) is 2. The SMILES string of the molecule is COCC(CCO)Nc1cc(C#N)c2ccccc2n1. The molecule has 1 aromatic carbocycles. The lowest BCUT2D eigenvalue weighted by Crippen LogP contribution is -2.26. The van der Waals surface area contributed by atoms with Crippen molar-refractivity contribution in [2.45, 2.75) is 12.5 Å². The van der Waals surface area contributed by atoms with E-state index in [1.54, 1.807) is 13.2 Å². The van der Waals surface area contributed by atoms with Crippen LogP contribution in [-0.4, -0.2) is 36.5 Å². The maximum atomic E-state index is 9.23. The molecule has 2 aromatic rings. The molecule has 1 unspecified atom stereocenters. The number of pyridine rings is 1. The maximum Gasteiger partial charge on any atom is 0.128 e. The van der Waals surface area contributed by atoms with Crippen LogP contribution in [-0.2, 0) is 4.74 Å². The Hall–Kier alpha value is -2.16. The molecule has 1 heterocycles. The molecule has 2 N–H and O–H groups in total. The second-order valence-electron chi connectivity index (χ2n) is 4.49. The molecule has 0 aliphatic heterocycles. The number of aliphatic hydroxyl groups is 1. The Morgan fingerprint density at radius 3 is 2.95 bits per heavy atom. The highest BCUT2D eigenvalue weighted by atomic mass is 16.5. The Labute approximate surface area is 117 Å². The first-order valence-electron chi connectivity index (χ1n) is 6.44. The average Bonchev–Trinajstić information content (AvgIpc) is 2.47. The highest BCUT2D eigenvalue weighted by molar-refractivity contribution is 5.86. The van der Waals surface area contributed by atoms with E-state index in [-0.39, 0.29) is 12.6 Å². The lowest BCUT2D eigenvalue weighted by Gasteiger charge is -2.18. The summed E-state index contributed by atoms with van der Waals surface area (Å²) >= 11 is 0. The third-order valence-corrected chi connectivity index (χ3v) is 3.03. The minimum Gasteiger partial charge on any atom is -0.396 e. The largest absolute Gasteiger partial charge is 0.396 e. The van der Waals surface area contributed by atoms with Crippen LogP contribution < -0.4 is 5.32 Å². The first-order valence-corrected chi connectivity index (χ1v) is 6.44. The summed E-state index contributed by atoms with van der Waals surface area (Å²) in [6, 6.07) is 11.4. The predicted molar refractivity (Wildman–Crippen MR) is 77.4 cm³/mol. The molecule has 2 rings (SSSR count). The van der Waals surface area contributed by atoms with Gasteiger partial charge in [0.05, 0.1) is 29.8 Å². The van der Waals surface area contributed by atoms with Crippen molar-refractivity contribution in [2.75, 3.05) is 25.6 Å². The first-order chi connectivity index (χ1) is 9.78.